The Morgan fingerprint density at radius 3 is 2.68 bits per heavy atom. The highest BCUT2D eigenvalue weighted by Crippen LogP contribution is 2.19. The van der Waals surface area contributed by atoms with Crippen molar-refractivity contribution in [3.05, 3.63) is 43.2 Å². The molecule has 2 rings (SSSR count). The van der Waals surface area contributed by atoms with Gasteiger partial charge in [-0.3, -0.25) is 0 Å². The van der Waals surface area contributed by atoms with Gasteiger partial charge in [0.2, 0.25) is 0 Å². The van der Waals surface area contributed by atoms with Crippen LogP contribution in [0.2, 0.25) is 0 Å². The van der Waals surface area contributed by atoms with Crippen molar-refractivity contribution in [1.82, 2.24) is 5.32 Å². The van der Waals surface area contributed by atoms with Crippen LogP contribution in [0.4, 0.5) is 5.69 Å². The van der Waals surface area contributed by atoms with E-state index in [0.717, 1.165) is 32.7 Å². The summed E-state index contributed by atoms with van der Waals surface area (Å²) in [4.78, 5) is 2.47. The number of piperidine rings is 1. The van der Waals surface area contributed by atoms with Gasteiger partial charge in [0, 0.05) is 24.8 Å². The van der Waals surface area contributed by atoms with Crippen LogP contribution in [0.5, 0.6) is 0 Å². The fourth-order valence-electron chi connectivity index (χ4n) is 2.53. The van der Waals surface area contributed by atoms with E-state index in [9.17, 15) is 0 Å². The molecule has 0 radical (unpaired) electrons. The largest absolute Gasteiger partial charge is 0.502 e. The van der Waals surface area contributed by atoms with E-state index in [4.69, 9.17) is 4.74 Å². The smallest absolute Gasteiger partial charge is 0.0885 e. The van der Waals surface area contributed by atoms with Crippen molar-refractivity contribution in [2.24, 2.45) is 0 Å². The maximum Gasteiger partial charge on any atom is 0.0885 e. The Morgan fingerprint density at radius 2 is 2.00 bits per heavy atom. The van der Waals surface area contributed by atoms with E-state index in [-0.39, 0.29) is 0 Å². The minimum absolute atomic E-state index is 0.656. The maximum absolute atomic E-state index is 5.11. The lowest BCUT2D eigenvalue weighted by atomic mass is 10.0. The first-order valence-corrected chi connectivity index (χ1v) is 7.16. The van der Waals surface area contributed by atoms with Gasteiger partial charge in [-0.15, -0.1) is 0 Å². The molecule has 0 bridgehead atoms. The summed E-state index contributed by atoms with van der Waals surface area (Å²) in [7, 11) is 0. The molecule has 19 heavy (non-hydrogen) atoms. The minimum Gasteiger partial charge on any atom is -0.502 e. The molecule has 1 heterocycles. The van der Waals surface area contributed by atoms with Crippen molar-refractivity contribution >= 4 is 5.69 Å². The first-order valence-electron chi connectivity index (χ1n) is 7.16. The van der Waals surface area contributed by atoms with Gasteiger partial charge < -0.3 is 15.0 Å². The maximum atomic E-state index is 5.11. The molecule has 0 saturated carbocycles. The topological polar surface area (TPSA) is 24.5 Å². The molecule has 0 aliphatic carbocycles. The third kappa shape index (κ3) is 4.60. The second-order valence-corrected chi connectivity index (χ2v) is 4.94. The number of para-hydroxylation sites is 1. The molecule has 1 fully saturated rings. The molecule has 0 amide bonds. The lowest BCUT2D eigenvalue weighted by Crippen LogP contribution is -2.42. The Labute approximate surface area is 116 Å². The number of anilines is 1. The van der Waals surface area contributed by atoms with Crippen LogP contribution in [-0.4, -0.2) is 32.3 Å². The Bertz CT molecular complexity index is 358. The Morgan fingerprint density at radius 1 is 1.26 bits per heavy atom. The van der Waals surface area contributed by atoms with Crippen LogP contribution in [0.3, 0.4) is 0 Å². The van der Waals surface area contributed by atoms with E-state index in [2.05, 4.69) is 47.1 Å². The monoisotopic (exact) mass is 260 g/mol. The molecule has 1 aromatic rings. The molecule has 3 nitrogen and oxygen atoms in total. The highest BCUT2D eigenvalue weighted by molar-refractivity contribution is 5.46. The van der Waals surface area contributed by atoms with Gasteiger partial charge in [0.25, 0.3) is 0 Å². The van der Waals surface area contributed by atoms with Crippen LogP contribution in [0.1, 0.15) is 19.3 Å². The summed E-state index contributed by atoms with van der Waals surface area (Å²) in [5.74, 6) is 0. The fourth-order valence-corrected chi connectivity index (χ4v) is 2.53. The number of hydrogen-bond donors (Lipinski definition) is 1. The first-order chi connectivity index (χ1) is 9.40. The second kappa shape index (κ2) is 7.85. The molecule has 1 saturated heterocycles. The third-order valence-corrected chi connectivity index (χ3v) is 3.61. The average molecular weight is 260 g/mol. The molecule has 0 unspecified atom stereocenters. The van der Waals surface area contributed by atoms with Gasteiger partial charge in [-0.1, -0.05) is 24.8 Å². The van der Waals surface area contributed by atoms with Crippen LogP contribution >= 0.6 is 0 Å². The van der Waals surface area contributed by atoms with Crippen molar-refractivity contribution in [2.45, 2.75) is 25.3 Å². The Kier molecular flexibility index (Phi) is 5.76. The molecular formula is C16H24N2O. The molecule has 1 N–H and O–H groups in total. The van der Waals surface area contributed by atoms with Crippen molar-refractivity contribution < 1.29 is 4.74 Å². The van der Waals surface area contributed by atoms with Crippen LogP contribution < -0.4 is 10.2 Å². The van der Waals surface area contributed by atoms with Gasteiger partial charge >= 0.3 is 0 Å². The lowest BCUT2D eigenvalue weighted by Gasteiger charge is -2.34. The molecule has 0 spiro atoms. The molecule has 1 aliphatic rings. The lowest BCUT2D eigenvalue weighted by molar-refractivity contribution is 0.241. The van der Waals surface area contributed by atoms with Crippen molar-refractivity contribution in [2.75, 3.05) is 31.1 Å². The number of nitrogens with zero attached hydrogens (tertiary/aromatic N) is 1. The zero-order chi connectivity index (χ0) is 13.3. The van der Waals surface area contributed by atoms with Crippen LogP contribution in [-0.2, 0) is 4.74 Å². The molecule has 0 aromatic heterocycles. The summed E-state index contributed by atoms with van der Waals surface area (Å²) in [6, 6.07) is 11.3. The van der Waals surface area contributed by atoms with Gasteiger partial charge in [0.05, 0.1) is 12.9 Å². The van der Waals surface area contributed by atoms with E-state index in [1.165, 1.54) is 24.8 Å². The molecule has 1 aliphatic heterocycles. The van der Waals surface area contributed by atoms with E-state index in [0.29, 0.717) is 6.04 Å². The second-order valence-electron chi connectivity index (χ2n) is 4.94. The molecular weight excluding hydrogens is 236 g/mol. The highest BCUT2D eigenvalue weighted by atomic mass is 16.5. The number of ether oxygens (including phenoxy) is 1. The van der Waals surface area contributed by atoms with E-state index in [1.54, 1.807) is 0 Å². The predicted molar refractivity (Wildman–Crippen MR) is 80.4 cm³/mol. The van der Waals surface area contributed by atoms with Crippen LogP contribution in [0, 0.1) is 0 Å². The van der Waals surface area contributed by atoms with Gasteiger partial charge in [-0.25, -0.2) is 0 Å². The third-order valence-electron chi connectivity index (χ3n) is 3.61. The number of hydrogen-bond acceptors (Lipinski definition) is 3. The van der Waals surface area contributed by atoms with Crippen molar-refractivity contribution in [3.8, 4) is 0 Å². The predicted octanol–water partition coefficient (Wildman–Crippen LogP) is 2.80. The molecule has 104 valence electrons. The standard InChI is InChI=1S/C16H24N2O/c1-2-19-14-6-11-17-15-9-12-18(13-10-15)16-7-4-3-5-8-16/h2-5,7-8,15,17H,1,6,9-14H2. The van der Waals surface area contributed by atoms with Gasteiger partial charge in [-0.05, 0) is 37.9 Å². The first kappa shape index (κ1) is 13.9. The summed E-state index contributed by atoms with van der Waals surface area (Å²) >= 11 is 0. The normalized spacial score (nSPS) is 16.3. The Balaban J connectivity index is 1.64. The number of benzene rings is 1. The van der Waals surface area contributed by atoms with Crippen molar-refractivity contribution in [3.63, 3.8) is 0 Å². The van der Waals surface area contributed by atoms with Gasteiger partial charge in [0.15, 0.2) is 0 Å². The summed E-state index contributed by atoms with van der Waals surface area (Å²) in [5, 5.41) is 3.61. The molecule has 1 aromatic carbocycles. The summed E-state index contributed by atoms with van der Waals surface area (Å²) in [6.45, 7) is 7.62. The molecule has 0 atom stereocenters. The quantitative estimate of drug-likeness (QED) is 0.602. The van der Waals surface area contributed by atoms with Crippen LogP contribution in [0.15, 0.2) is 43.2 Å². The van der Waals surface area contributed by atoms with E-state index in [1.807, 2.05) is 0 Å². The summed E-state index contributed by atoms with van der Waals surface area (Å²) in [6.07, 6.45) is 5.00. The highest BCUT2D eigenvalue weighted by Gasteiger charge is 2.18. The fraction of sp³-hybridized carbons (Fsp3) is 0.500. The zero-order valence-corrected chi connectivity index (χ0v) is 11.6. The number of nitrogens with one attached hydrogen (secondary N) is 1. The van der Waals surface area contributed by atoms with E-state index >= 15 is 0 Å². The number of rotatable bonds is 7. The summed E-state index contributed by atoms with van der Waals surface area (Å²) in [5.41, 5.74) is 1.35. The SMILES string of the molecule is C=COCCCNC1CCN(c2ccccc2)CC1. The Hall–Kier alpha value is -1.48. The van der Waals surface area contributed by atoms with Gasteiger partial charge in [-0.2, -0.15) is 0 Å². The van der Waals surface area contributed by atoms with Crippen LogP contribution in [0.25, 0.3) is 0 Å². The van der Waals surface area contributed by atoms with Crippen molar-refractivity contribution in [1.29, 1.82) is 0 Å². The molecule has 3 heteroatoms. The summed E-state index contributed by atoms with van der Waals surface area (Å²) < 4.78 is 5.11. The van der Waals surface area contributed by atoms with Gasteiger partial charge in [0.1, 0.15) is 0 Å². The average Bonchev–Trinajstić information content (AvgIpc) is 2.49. The van der Waals surface area contributed by atoms with E-state index < -0.39 is 0 Å². The zero-order valence-electron chi connectivity index (χ0n) is 11.6. The minimum atomic E-state index is 0.656.